The summed E-state index contributed by atoms with van der Waals surface area (Å²) in [6.07, 6.45) is 6.56. The maximum Gasteiger partial charge on any atom is 0.149 e. The largest absolute Gasteiger partial charge is 0.496 e. The fraction of sp³-hybridized carbons (Fsp3) is 0.333. The first-order valence-corrected chi connectivity index (χ1v) is 12.0. The maximum atomic E-state index is 9.97. The van der Waals surface area contributed by atoms with Crippen LogP contribution in [0, 0.1) is 6.92 Å². The third-order valence-electron chi connectivity index (χ3n) is 6.63. The van der Waals surface area contributed by atoms with Crippen molar-refractivity contribution in [2.45, 2.75) is 51.7 Å². The normalized spacial score (nSPS) is 17.6. The summed E-state index contributed by atoms with van der Waals surface area (Å²) in [7, 11) is 1.66. The molecular weight excluding hydrogens is 440 g/mol. The molecule has 0 unspecified atom stereocenters. The Morgan fingerprint density at radius 1 is 1.11 bits per heavy atom. The quantitative estimate of drug-likeness (QED) is 0.376. The van der Waals surface area contributed by atoms with Crippen LogP contribution in [-0.4, -0.2) is 44.3 Å². The number of pyridine rings is 2. The van der Waals surface area contributed by atoms with E-state index < -0.39 is 0 Å². The van der Waals surface area contributed by atoms with Crippen LogP contribution in [0.1, 0.15) is 37.7 Å². The Morgan fingerprint density at radius 2 is 1.97 bits per heavy atom. The molecule has 3 heterocycles. The maximum absolute atomic E-state index is 9.97. The number of fused-ring (bicyclic) bond motifs is 1. The van der Waals surface area contributed by atoms with Crippen molar-refractivity contribution in [2.75, 3.05) is 18.2 Å². The molecule has 1 saturated carbocycles. The van der Waals surface area contributed by atoms with Crippen LogP contribution in [-0.2, 0) is 6.42 Å². The van der Waals surface area contributed by atoms with Gasteiger partial charge in [0.2, 0.25) is 0 Å². The number of nitrogen functional groups attached to an aromatic ring is 1. The summed E-state index contributed by atoms with van der Waals surface area (Å²) < 4.78 is 5.74. The number of aryl methyl sites for hydroxylation is 2. The van der Waals surface area contributed by atoms with Crippen molar-refractivity contribution in [3.05, 3.63) is 54.2 Å². The monoisotopic (exact) mass is 470 g/mol. The minimum atomic E-state index is -0.244. The number of aliphatic hydroxyl groups is 1. The van der Waals surface area contributed by atoms with Gasteiger partial charge in [0.05, 0.1) is 30.3 Å². The number of hydrogen-bond donors (Lipinski definition) is 3. The minimum Gasteiger partial charge on any atom is -0.496 e. The fourth-order valence-corrected chi connectivity index (χ4v) is 4.83. The first-order valence-electron chi connectivity index (χ1n) is 12.0. The summed E-state index contributed by atoms with van der Waals surface area (Å²) in [6, 6.07) is 10.3. The molecule has 0 bridgehead atoms. The average molecular weight is 471 g/mol. The highest BCUT2D eigenvalue weighted by molar-refractivity contribution is 6.01. The summed E-state index contributed by atoms with van der Waals surface area (Å²) in [5, 5.41) is 14.5. The fourth-order valence-electron chi connectivity index (χ4n) is 4.83. The van der Waals surface area contributed by atoms with Crippen LogP contribution in [0.4, 0.5) is 11.5 Å². The van der Waals surface area contributed by atoms with Gasteiger partial charge in [-0.05, 0) is 62.4 Å². The van der Waals surface area contributed by atoms with E-state index in [9.17, 15) is 5.11 Å². The van der Waals surface area contributed by atoms with Crippen LogP contribution in [0.25, 0.3) is 33.3 Å². The number of methoxy groups -OCH3 is 1. The second kappa shape index (κ2) is 9.46. The lowest BCUT2D eigenvalue weighted by atomic mass is 9.98. The van der Waals surface area contributed by atoms with Crippen LogP contribution in [0.15, 0.2) is 42.7 Å². The SMILES string of the molecule is CCc1nc2c(N)ncc(-c3ccc(-c4ccnc(C)n4)c(OC)c3)c2cc1N[C@@H]1CC[C@H](O)C1. The van der Waals surface area contributed by atoms with Gasteiger partial charge in [0.25, 0.3) is 0 Å². The predicted molar refractivity (Wildman–Crippen MR) is 138 cm³/mol. The number of hydrogen-bond acceptors (Lipinski definition) is 8. The number of rotatable bonds is 6. The van der Waals surface area contributed by atoms with Crippen molar-refractivity contribution in [3.8, 4) is 28.1 Å². The van der Waals surface area contributed by atoms with Gasteiger partial charge in [-0.3, -0.25) is 0 Å². The van der Waals surface area contributed by atoms with Gasteiger partial charge >= 0.3 is 0 Å². The molecule has 8 heteroatoms. The summed E-state index contributed by atoms with van der Waals surface area (Å²) in [5.41, 5.74) is 12.4. The van der Waals surface area contributed by atoms with E-state index in [1.54, 1.807) is 19.5 Å². The minimum absolute atomic E-state index is 0.230. The highest BCUT2D eigenvalue weighted by Gasteiger charge is 2.24. The third-order valence-corrected chi connectivity index (χ3v) is 6.63. The number of ether oxygens (including phenoxy) is 1. The Kier molecular flexibility index (Phi) is 6.21. The molecule has 35 heavy (non-hydrogen) atoms. The van der Waals surface area contributed by atoms with Crippen molar-refractivity contribution >= 4 is 22.4 Å². The van der Waals surface area contributed by atoms with Crippen molar-refractivity contribution in [3.63, 3.8) is 0 Å². The van der Waals surface area contributed by atoms with Gasteiger partial charge in [0, 0.05) is 34.9 Å². The van der Waals surface area contributed by atoms with Crippen LogP contribution < -0.4 is 15.8 Å². The Labute approximate surface area is 204 Å². The molecule has 1 aliphatic rings. The van der Waals surface area contributed by atoms with Crippen LogP contribution in [0.2, 0.25) is 0 Å². The van der Waals surface area contributed by atoms with Crippen molar-refractivity contribution in [1.82, 2.24) is 19.9 Å². The summed E-state index contributed by atoms with van der Waals surface area (Å²) in [4.78, 5) is 18.1. The standard InChI is InChI=1S/C27H30N6O2/c1-4-22-24(32-17-6-7-18(34)12-17)13-20-21(14-30-27(28)26(20)33-22)16-5-8-19(25(11-16)35-3)23-9-10-29-15(2)31-23/h5,8-11,13-14,17-18,32,34H,4,6-7,12H2,1-3H3,(H2,28,30)/t17-,18+/m1/s1. The second-order valence-electron chi connectivity index (χ2n) is 9.00. The number of aliphatic hydroxyl groups excluding tert-OH is 1. The van der Waals surface area contributed by atoms with Crippen molar-refractivity contribution in [2.24, 2.45) is 0 Å². The zero-order chi connectivity index (χ0) is 24.5. The molecule has 3 aromatic heterocycles. The highest BCUT2D eigenvalue weighted by atomic mass is 16.5. The van der Waals surface area contributed by atoms with E-state index in [4.69, 9.17) is 15.5 Å². The molecule has 1 aliphatic carbocycles. The lowest BCUT2D eigenvalue weighted by molar-refractivity contribution is 0.182. The Bertz CT molecular complexity index is 1390. The Hall–Kier alpha value is -3.78. The molecule has 4 N–H and O–H groups in total. The van der Waals surface area contributed by atoms with Gasteiger partial charge in [-0.25, -0.2) is 19.9 Å². The van der Waals surface area contributed by atoms with Gasteiger partial charge in [0.15, 0.2) is 0 Å². The van der Waals surface area contributed by atoms with E-state index in [1.165, 1.54) is 0 Å². The predicted octanol–water partition coefficient (Wildman–Crippen LogP) is 4.54. The van der Waals surface area contributed by atoms with Gasteiger partial charge in [-0.2, -0.15) is 0 Å². The highest BCUT2D eigenvalue weighted by Crippen LogP contribution is 2.38. The van der Waals surface area contributed by atoms with E-state index in [0.29, 0.717) is 22.9 Å². The van der Waals surface area contributed by atoms with Crippen LogP contribution in [0.3, 0.4) is 0 Å². The molecule has 5 rings (SSSR count). The first-order chi connectivity index (χ1) is 17.0. The molecule has 0 radical (unpaired) electrons. The van der Waals surface area contributed by atoms with Gasteiger partial charge in [0.1, 0.15) is 22.9 Å². The smallest absolute Gasteiger partial charge is 0.149 e. The van der Waals surface area contributed by atoms with Crippen LogP contribution >= 0.6 is 0 Å². The zero-order valence-corrected chi connectivity index (χ0v) is 20.2. The second-order valence-corrected chi connectivity index (χ2v) is 9.00. The van der Waals surface area contributed by atoms with Gasteiger partial charge < -0.3 is 20.9 Å². The lowest BCUT2D eigenvalue weighted by Gasteiger charge is -2.19. The molecule has 180 valence electrons. The van der Waals surface area contributed by atoms with Crippen LogP contribution in [0.5, 0.6) is 5.75 Å². The first kappa shape index (κ1) is 23.0. The molecule has 8 nitrogen and oxygen atoms in total. The van der Waals surface area contributed by atoms with Gasteiger partial charge in [-0.15, -0.1) is 0 Å². The number of aromatic nitrogens is 4. The molecular formula is C27H30N6O2. The van der Waals surface area contributed by atoms with E-state index >= 15 is 0 Å². The molecule has 0 spiro atoms. The number of nitrogens with two attached hydrogens (primary N) is 1. The summed E-state index contributed by atoms with van der Waals surface area (Å²) in [5.74, 6) is 1.82. The molecule has 4 aromatic rings. The topological polar surface area (TPSA) is 119 Å². The molecule has 0 aliphatic heterocycles. The molecule has 1 fully saturated rings. The number of benzene rings is 1. The van der Waals surface area contributed by atoms with E-state index in [-0.39, 0.29) is 12.1 Å². The average Bonchev–Trinajstić information content (AvgIpc) is 3.28. The Morgan fingerprint density at radius 3 is 2.69 bits per heavy atom. The molecule has 2 atom stereocenters. The van der Waals surface area contributed by atoms with E-state index in [0.717, 1.165) is 64.8 Å². The summed E-state index contributed by atoms with van der Waals surface area (Å²) in [6.45, 7) is 3.95. The van der Waals surface area contributed by atoms with E-state index in [1.807, 2.05) is 31.2 Å². The van der Waals surface area contributed by atoms with Gasteiger partial charge in [-0.1, -0.05) is 13.0 Å². The molecule has 1 aromatic carbocycles. The molecule has 0 saturated heterocycles. The third kappa shape index (κ3) is 4.49. The summed E-state index contributed by atoms with van der Waals surface area (Å²) >= 11 is 0. The lowest BCUT2D eigenvalue weighted by Crippen LogP contribution is -2.18. The number of nitrogens with one attached hydrogen (secondary N) is 1. The Balaban J connectivity index is 1.62. The molecule has 0 amide bonds. The number of anilines is 2. The van der Waals surface area contributed by atoms with Crippen molar-refractivity contribution < 1.29 is 9.84 Å². The van der Waals surface area contributed by atoms with E-state index in [2.05, 4.69) is 33.3 Å². The number of nitrogens with zero attached hydrogens (tertiary/aromatic N) is 4. The zero-order valence-electron chi connectivity index (χ0n) is 20.2. The van der Waals surface area contributed by atoms with Crippen molar-refractivity contribution in [1.29, 1.82) is 0 Å².